The highest BCUT2D eigenvalue weighted by molar-refractivity contribution is 5.43. The first kappa shape index (κ1) is 9.88. The zero-order valence-corrected chi connectivity index (χ0v) is 6.80. The van der Waals surface area contributed by atoms with Gasteiger partial charge in [-0.25, -0.2) is 8.78 Å². The molecule has 0 radical (unpaired) electrons. The van der Waals surface area contributed by atoms with Crippen molar-refractivity contribution in [3.8, 4) is 0 Å². The Labute approximate surface area is 74.0 Å². The second-order valence-electron chi connectivity index (χ2n) is 2.68. The van der Waals surface area contributed by atoms with Gasteiger partial charge in [-0.15, -0.1) is 0 Å². The molecule has 0 heterocycles. The Kier molecular flexibility index (Phi) is 2.79. The molecule has 0 saturated heterocycles. The van der Waals surface area contributed by atoms with Gasteiger partial charge in [0.2, 0.25) is 0 Å². The summed E-state index contributed by atoms with van der Waals surface area (Å²) in [6.45, 7) is -0.444. The smallest absolute Gasteiger partial charge is 0.146 e. The Balaban J connectivity index is 3.15. The molecule has 0 bridgehead atoms. The van der Waals surface area contributed by atoms with Crippen LogP contribution in [0.4, 0.5) is 14.5 Å². The minimum Gasteiger partial charge on any atom is -0.396 e. The summed E-state index contributed by atoms with van der Waals surface area (Å²) >= 11 is 0. The standard InChI is InChI=1S/C8H10F2N2O/c9-5-2-7(11)6(10)1-4(5)8(12)3-13/h1-2,8,13H,3,11-12H2. The van der Waals surface area contributed by atoms with Gasteiger partial charge in [0.15, 0.2) is 0 Å². The van der Waals surface area contributed by atoms with Crippen molar-refractivity contribution >= 4 is 5.69 Å². The van der Waals surface area contributed by atoms with Gasteiger partial charge in [0.1, 0.15) is 11.6 Å². The molecule has 5 heteroatoms. The van der Waals surface area contributed by atoms with E-state index in [1.54, 1.807) is 0 Å². The van der Waals surface area contributed by atoms with Crippen molar-refractivity contribution in [3.05, 3.63) is 29.3 Å². The molecular weight excluding hydrogens is 178 g/mol. The molecule has 0 amide bonds. The molecule has 0 fully saturated rings. The summed E-state index contributed by atoms with van der Waals surface area (Å²) in [6.07, 6.45) is 0. The summed E-state index contributed by atoms with van der Waals surface area (Å²) in [4.78, 5) is 0. The van der Waals surface area contributed by atoms with Gasteiger partial charge in [0.05, 0.1) is 18.3 Å². The predicted octanol–water partition coefficient (Wildman–Crippen LogP) is 0.539. The molecule has 1 unspecified atom stereocenters. The topological polar surface area (TPSA) is 72.3 Å². The Morgan fingerprint density at radius 3 is 2.46 bits per heavy atom. The van der Waals surface area contributed by atoms with E-state index in [4.69, 9.17) is 16.6 Å². The molecule has 0 saturated carbocycles. The molecule has 72 valence electrons. The molecule has 1 rings (SSSR count). The summed E-state index contributed by atoms with van der Waals surface area (Å²) in [5, 5.41) is 8.63. The van der Waals surface area contributed by atoms with Crippen LogP contribution < -0.4 is 11.5 Å². The summed E-state index contributed by atoms with van der Waals surface area (Å²) in [5.41, 5.74) is 10.1. The molecule has 1 atom stereocenters. The Morgan fingerprint density at radius 2 is 1.92 bits per heavy atom. The third kappa shape index (κ3) is 1.93. The second kappa shape index (κ2) is 3.67. The number of halogens is 2. The van der Waals surface area contributed by atoms with Crippen molar-refractivity contribution in [1.29, 1.82) is 0 Å². The number of aliphatic hydroxyl groups excluding tert-OH is 1. The number of anilines is 1. The van der Waals surface area contributed by atoms with Gasteiger partial charge >= 0.3 is 0 Å². The van der Waals surface area contributed by atoms with Crippen molar-refractivity contribution in [2.75, 3.05) is 12.3 Å². The molecule has 0 aliphatic heterocycles. The van der Waals surface area contributed by atoms with Crippen LogP contribution in [-0.4, -0.2) is 11.7 Å². The largest absolute Gasteiger partial charge is 0.396 e. The number of nitrogen functional groups attached to an aromatic ring is 1. The molecule has 5 N–H and O–H groups in total. The van der Waals surface area contributed by atoms with Gasteiger partial charge in [-0.05, 0) is 6.07 Å². The molecule has 0 aliphatic carbocycles. The number of aliphatic hydroxyl groups is 1. The van der Waals surface area contributed by atoms with Gasteiger partial charge in [-0.3, -0.25) is 0 Å². The highest BCUT2D eigenvalue weighted by Gasteiger charge is 2.13. The van der Waals surface area contributed by atoms with Crippen LogP contribution in [0.25, 0.3) is 0 Å². The van der Waals surface area contributed by atoms with Crippen molar-refractivity contribution < 1.29 is 13.9 Å². The lowest BCUT2D eigenvalue weighted by Gasteiger charge is -2.10. The number of hydrogen-bond donors (Lipinski definition) is 3. The Hall–Kier alpha value is -1.20. The van der Waals surface area contributed by atoms with E-state index >= 15 is 0 Å². The fraction of sp³-hybridized carbons (Fsp3) is 0.250. The SMILES string of the molecule is Nc1cc(F)c(C(N)CO)cc1F. The molecule has 1 aromatic rings. The normalized spacial score (nSPS) is 12.9. The molecule has 0 spiro atoms. The van der Waals surface area contributed by atoms with Crippen LogP contribution in [0, 0.1) is 11.6 Å². The average molecular weight is 188 g/mol. The second-order valence-corrected chi connectivity index (χ2v) is 2.68. The van der Waals surface area contributed by atoms with Crippen molar-refractivity contribution in [1.82, 2.24) is 0 Å². The lowest BCUT2D eigenvalue weighted by atomic mass is 10.1. The summed E-state index contributed by atoms with van der Waals surface area (Å²) in [6, 6.07) is 0.821. The minimum atomic E-state index is -0.921. The van der Waals surface area contributed by atoms with E-state index in [0.29, 0.717) is 0 Å². The highest BCUT2D eigenvalue weighted by Crippen LogP contribution is 2.20. The van der Waals surface area contributed by atoms with Crippen LogP contribution in [0.2, 0.25) is 0 Å². The van der Waals surface area contributed by atoms with E-state index in [9.17, 15) is 8.78 Å². The lowest BCUT2D eigenvalue weighted by molar-refractivity contribution is 0.265. The van der Waals surface area contributed by atoms with Crippen LogP contribution in [0.1, 0.15) is 11.6 Å². The first-order valence-electron chi connectivity index (χ1n) is 3.67. The van der Waals surface area contributed by atoms with Gasteiger partial charge in [-0.2, -0.15) is 0 Å². The van der Waals surface area contributed by atoms with Gasteiger partial charge in [-0.1, -0.05) is 0 Å². The van der Waals surface area contributed by atoms with Crippen LogP contribution >= 0.6 is 0 Å². The maximum atomic E-state index is 13.0. The van der Waals surface area contributed by atoms with Crippen LogP contribution in [-0.2, 0) is 0 Å². The van der Waals surface area contributed by atoms with Gasteiger partial charge in [0, 0.05) is 11.6 Å². The van der Waals surface area contributed by atoms with E-state index in [-0.39, 0.29) is 11.3 Å². The first-order chi connectivity index (χ1) is 6.06. The van der Waals surface area contributed by atoms with E-state index < -0.39 is 24.3 Å². The van der Waals surface area contributed by atoms with Crippen LogP contribution in [0.5, 0.6) is 0 Å². The maximum Gasteiger partial charge on any atom is 0.146 e. The van der Waals surface area contributed by atoms with E-state index in [1.807, 2.05) is 0 Å². The third-order valence-electron chi connectivity index (χ3n) is 1.71. The van der Waals surface area contributed by atoms with Gasteiger partial charge < -0.3 is 16.6 Å². The molecule has 1 aromatic carbocycles. The average Bonchev–Trinajstić information content (AvgIpc) is 2.10. The molecule has 0 aromatic heterocycles. The first-order valence-corrected chi connectivity index (χ1v) is 3.67. The number of benzene rings is 1. The van der Waals surface area contributed by atoms with E-state index in [1.165, 1.54) is 0 Å². The minimum absolute atomic E-state index is 0.0748. The number of rotatable bonds is 2. The predicted molar refractivity (Wildman–Crippen MR) is 44.8 cm³/mol. The monoisotopic (exact) mass is 188 g/mol. The quantitative estimate of drug-likeness (QED) is 0.593. The lowest BCUT2D eigenvalue weighted by Crippen LogP contribution is -2.16. The van der Waals surface area contributed by atoms with Crippen molar-refractivity contribution in [3.63, 3.8) is 0 Å². The van der Waals surface area contributed by atoms with Crippen molar-refractivity contribution in [2.45, 2.75) is 6.04 Å². The van der Waals surface area contributed by atoms with Gasteiger partial charge in [0.25, 0.3) is 0 Å². The van der Waals surface area contributed by atoms with Crippen LogP contribution in [0.15, 0.2) is 12.1 Å². The number of hydrogen-bond acceptors (Lipinski definition) is 3. The zero-order chi connectivity index (χ0) is 10.0. The Bertz CT molecular complexity index is 317. The summed E-state index contributed by atoms with van der Waals surface area (Å²) in [7, 11) is 0. The maximum absolute atomic E-state index is 13.0. The van der Waals surface area contributed by atoms with Crippen molar-refractivity contribution in [2.24, 2.45) is 5.73 Å². The summed E-state index contributed by atoms with van der Waals surface area (Å²) < 4.78 is 25.9. The Morgan fingerprint density at radius 1 is 1.31 bits per heavy atom. The fourth-order valence-electron chi connectivity index (χ4n) is 0.960. The fourth-order valence-corrected chi connectivity index (χ4v) is 0.960. The highest BCUT2D eigenvalue weighted by atomic mass is 19.1. The molecule has 0 aliphatic rings. The zero-order valence-electron chi connectivity index (χ0n) is 6.80. The molecule has 3 nitrogen and oxygen atoms in total. The molecular formula is C8H10F2N2O. The number of nitrogens with two attached hydrogens (primary N) is 2. The van der Waals surface area contributed by atoms with E-state index in [0.717, 1.165) is 12.1 Å². The summed E-state index contributed by atoms with van der Waals surface area (Å²) in [5.74, 6) is -1.44. The third-order valence-corrected chi connectivity index (χ3v) is 1.71. The van der Waals surface area contributed by atoms with Crippen LogP contribution in [0.3, 0.4) is 0 Å². The molecule has 13 heavy (non-hydrogen) atoms. The van der Waals surface area contributed by atoms with E-state index in [2.05, 4.69) is 0 Å².